The van der Waals surface area contributed by atoms with Gasteiger partial charge < -0.3 is 19.5 Å². The number of hydrogen-bond acceptors (Lipinski definition) is 6. The zero-order valence-corrected chi connectivity index (χ0v) is 21.5. The van der Waals surface area contributed by atoms with Crippen molar-refractivity contribution in [3.63, 3.8) is 0 Å². The number of ether oxygens (including phenoxy) is 2. The van der Waals surface area contributed by atoms with E-state index in [1.54, 1.807) is 29.2 Å². The largest absolute Gasteiger partial charge is 0.507 e. The number of aliphatic hydroxyl groups excluding tert-OH is 1. The zero-order chi connectivity index (χ0) is 26.5. The minimum Gasteiger partial charge on any atom is -0.507 e. The van der Waals surface area contributed by atoms with Gasteiger partial charge in [-0.25, -0.2) is 0 Å². The summed E-state index contributed by atoms with van der Waals surface area (Å²) in [6.07, 6.45) is 0. The second-order valence-electron chi connectivity index (χ2n) is 9.66. The number of rotatable bonds is 8. The van der Waals surface area contributed by atoms with E-state index in [0.717, 1.165) is 24.2 Å². The van der Waals surface area contributed by atoms with Crippen LogP contribution < -0.4 is 4.74 Å². The second kappa shape index (κ2) is 11.6. The number of carbonyl (C=O) groups excluding carboxylic acids is 2. The van der Waals surface area contributed by atoms with Crippen molar-refractivity contribution in [2.45, 2.75) is 19.6 Å². The molecule has 0 aromatic heterocycles. The highest BCUT2D eigenvalue weighted by molar-refractivity contribution is 6.46. The number of morpholine rings is 1. The summed E-state index contributed by atoms with van der Waals surface area (Å²) in [6.45, 7) is 6.37. The smallest absolute Gasteiger partial charge is 0.295 e. The SMILES string of the molecule is Cc1cccc(COc2ccc(C(O)=C3C(=O)C(=O)N(CCN4CCOCC4)[C@@H]3c3ccccc3)cc2)c1. The third-order valence-electron chi connectivity index (χ3n) is 7.03. The van der Waals surface area contributed by atoms with Gasteiger partial charge in [0.05, 0.1) is 24.8 Å². The average molecular weight is 513 g/mol. The Balaban J connectivity index is 1.39. The summed E-state index contributed by atoms with van der Waals surface area (Å²) >= 11 is 0. The van der Waals surface area contributed by atoms with Gasteiger partial charge in [0.25, 0.3) is 11.7 Å². The summed E-state index contributed by atoms with van der Waals surface area (Å²) in [5.41, 5.74) is 3.59. The molecular formula is C31H32N2O5. The van der Waals surface area contributed by atoms with Gasteiger partial charge >= 0.3 is 0 Å². The van der Waals surface area contributed by atoms with Crippen molar-refractivity contribution < 1.29 is 24.2 Å². The van der Waals surface area contributed by atoms with Crippen LogP contribution in [-0.4, -0.2) is 66.0 Å². The molecule has 2 heterocycles. The molecule has 1 amide bonds. The highest BCUT2D eigenvalue weighted by Crippen LogP contribution is 2.39. The molecule has 1 atom stereocenters. The topological polar surface area (TPSA) is 79.3 Å². The fraction of sp³-hybridized carbons (Fsp3) is 0.290. The lowest BCUT2D eigenvalue weighted by atomic mass is 9.95. The predicted molar refractivity (Wildman–Crippen MR) is 145 cm³/mol. The first-order valence-corrected chi connectivity index (χ1v) is 12.9. The van der Waals surface area contributed by atoms with Crippen molar-refractivity contribution in [2.75, 3.05) is 39.4 Å². The normalized spacial score (nSPS) is 19.6. The maximum absolute atomic E-state index is 13.3. The van der Waals surface area contributed by atoms with Gasteiger partial charge in [0.1, 0.15) is 18.1 Å². The first-order chi connectivity index (χ1) is 18.5. The van der Waals surface area contributed by atoms with Crippen LogP contribution in [0.2, 0.25) is 0 Å². The molecule has 0 bridgehead atoms. The maximum atomic E-state index is 13.3. The molecule has 2 aliphatic rings. The van der Waals surface area contributed by atoms with Crippen molar-refractivity contribution in [2.24, 2.45) is 0 Å². The maximum Gasteiger partial charge on any atom is 0.295 e. The van der Waals surface area contributed by atoms with Gasteiger partial charge in [-0.15, -0.1) is 0 Å². The van der Waals surface area contributed by atoms with E-state index in [4.69, 9.17) is 9.47 Å². The molecule has 5 rings (SSSR count). The summed E-state index contributed by atoms with van der Waals surface area (Å²) in [5, 5.41) is 11.3. The fourth-order valence-corrected chi connectivity index (χ4v) is 5.00. The molecule has 0 radical (unpaired) electrons. The van der Waals surface area contributed by atoms with E-state index in [9.17, 15) is 14.7 Å². The summed E-state index contributed by atoms with van der Waals surface area (Å²) < 4.78 is 11.3. The van der Waals surface area contributed by atoms with Crippen LogP contribution in [0.25, 0.3) is 5.76 Å². The number of aliphatic hydroxyl groups is 1. The Morgan fingerprint density at radius 3 is 2.39 bits per heavy atom. The number of aryl methyl sites for hydroxylation is 1. The summed E-state index contributed by atoms with van der Waals surface area (Å²) in [7, 11) is 0. The van der Waals surface area contributed by atoms with Crippen molar-refractivity contribution in [1.29, 1.82) is 0 Å². The van der Waals surface area contributed by atoms with E-state index in [-0.39, 0.29) is 11.3 Å². The number of benzene rings is 3. The Kier molecular flexibility index (Phi) is 7.86. The first kappa shape index (κ1) is 25.7. The van der Waals surface area contributed by atoms with Gasteiger partial charge in [-0.2, -0.15) is 0 Å². The molecule has 7 nitrogen and oxygen atoms in total. The predicted octanol–water partition coefficient (Wildman–Crippen LogP) is 4.33. The van der Waals surface area contributed by atoms with E-state index in [1.807, 2.05) is 55.5 Å². The van der Waals surface area contributed by atoms with Gasteiger partial charge in [-0.05, 0) is 42.3 Å². The van der Waals surface area contributed by atoms with Gasteiger partial charge in [-0.1, -0.05) is 60.2 Å². The Bertz CT molecular complexity index is 1310. The lowest BCUT2D eigenvalue weighted by Gasteiger charge is -2.31. The third kappa shape index (κ3) is 5.64. The van der Waals surface area contributed by atoms with Crippen molar-refractivity contribution in [3.05, 3.63) is 107 Å². The van der Waals surface area contributed by atoms with Crippen molar-refractivity contribution in [3.8, 4) is 5.75 Å². The molecule has 7 heteroatoms. The van der Waals surface area contributed by atoms with Crippen LogP contribution in [0.4, 0.5) is 0 Å². The van der Waals surface area contributed by atoms with Gasteiger partial charge in [0, 0.05) is 31.7 Å². The van der Waals surface area contributed by atoms with Crippen LogP contribution >= 0.6 is 0 Å². The van der Waals surface area contributed by atoms with Crippen molar-refractivity contribution in [1.82, 2.24) is 9.80 Å². The number of likely N-dealkylation sites (tertiary alicyclic amines) is 1. The lowest BCUT2D eigenvalue weighted by Crippen LogP contribution is -2.42. The minimum atomic E-state index is -0.668. The number of ketones is 1. The van der Waals surface area contributed by atoms with E-state index >= 15 is 0 Å². The summed E-state index contributed by atoms with van der Waals surface area (Å²) in [6, 6.07) is 23.8. The number of nitrogens with zero attached hydrogens (tertiary/aromatic N) is 2. The Morgan fingerprint density at radius 1 is 0.947 bits per heavy atom. The van der Waals surface area contributed by atoms with Crippen LogP contribution in [0.3, 0.4) is 0 Å². The number of carbonyl (C=O) groups is 2. The molecule has 0 aliphatic carbocycles. The quantitative estimate of drug-likeness (QED) is 0.275. The summed E-state index contributed by atoms with van der Waals surface area (Å²) in [5.74, 6) is -0.796. The second-order valence-corrected chi connectivity index (χ2v) is 9.66. The molecule has 0 unspecified atom stereocenters. The van der Waals surface area contributed by atoms with E-state index in [1.165, 1.54) is 5.56 Å². The highest BCUT2D eigenvalue weighted by atomic mass is 16.5. The van der Waals surface area contributed by atoms with Crippen LogP contribution in [0, 0.1) is 6.92 Å². The molecule has 2 saturated heterocycles. The molecule has 0 saturated carbocycles. The summed E-state index contributed by atoms with van der Waals surface area (Å²) in [4.78, 5) is 30.2. The highest BCUT2D eigenvalue weighted by Gasteiger charge is 2.46. The van der Waals surface area contributed by atoms with Crippen LogP contribution in [-0.2, 0) is 20.9 Å². The third-order valence-corrected chi connectivity index (χ3v) is 7.03. The molecule has 2 fully saturated rings. The fourth-order valence-electron chi connectivity index (χ4n) is 5.00. The van der Waals surface area contributed by atoms with Crippen LogP contribution in [0.5, 0.6) is 5.75 Å². The van der Waals surface area contributed by atoms with E-state index < -0.39 is 17.7 Å². The molecule has 3 aromatic carbocycles. The van der Waals surface area contributed by atoms with Crippen LogP contribution in [0.1, 0.15) is 28.3 Å². The Morgan fingerprint density at radius 2 is 1.68 bits per heavy atom. The number of hydrogen-bond donors (Lipinski definition) is 1. The molecule has 38 heavy (non-hydrogen) atoms. The lowest BCUT2D eigenvalue weighted by molar-refractivity contribution is -0.140. The van der Waals surface area contributed by atoms with E-state index in [0.29, 0.717) is 44.2 Å². The zero-order valence-electron chi connectivity index (χ0n) is 21.5. The molecule has 0 spiro atoms. The number of Topliss-reactive ketones (excluding diaryl/α,β-unsaturated/α-hetero) is 1. The Hall–Kier alpha value is -3.94. The van der Waals surface area contributed by atoms with Crippen molar-refractivity contribution >= 4 is 17.4 Å². The minimum absolute atomic E-state index is 0.108. The van der Waals surface area contributed by atoms with Crippen LogP contribution in [0.15, 0.2) is 84.4 Å². The molecule has 3 aromatic rings. The Labute approximate surface area is 222 Å². The molecule has 1 N–H and O–H groups in total. The van der Waals surface area contributed by atoms with Gasteiger partial charge in [0.2, 0.25) is 0 Å². The molecule has 2 aliphatic heterocycles. The molecular weight excluding hydrogens is 480 g/mol. The average Bonchev–Trinajstić information content (AvgIpc) is 3.21. The van der Waals surface area contributed by atoms with E-state index in [2.05, 4.69) is 11.0 Å². The molecule has 196 valence electrons. The number of amides is 1. The monoisotopic (exact) mass is 512 g/mol. The first-order valence-electron chi connectivity index (χ1n) is 12.9. The van der Waals surface area contributed by atoms with Gasteiger partial charge in [0.15, 0.2) is 0 Å². The van der Waals surface area contributed by atoms with Gasteiger partial charge in [-0.3, -0.25) is 14.5 Å². The standard InChI is InChI=1S/C31H32N2O5/c1-22-6-5-7-23(20-22)21-38-26-12-10-25(11-13-26)29(34)27-28(24-8-3-2-4-9-24)33(31(36)30(27)35)15-14-32-16-18-37-19-17-32/h2-13,20,28,34H,14-19,21H2,1H3/t28-/m1/s1.